The van der Waals surface area contributed by atoms with Gasteiger partial charge in [0.1, 0.15) is 0 Å². The summed E-state index contributed by atoms with van der Waals surface area (Å²) in [6.07, 6.45) is -11.0. The molecule has 2 amide bonds. The standard InChI is InChI=1S/C16H14F6N2O5S/c17-15(18,19)10-5-9(6-11(7-10)16(20,21)22)13(25)23-30(28,29)8-12-3-1-2-4-24(12)14(26)27/h5-8H,1-4H2,(H,23,25)(H,26,27). The maximum absolute atomic E-state index is 12.9. The molecule has 1 aliphatic heterocycles. The lowest BCUT2D eigenvalue weighted by atomic mass is 10.0. The van der Waals surface area contributed by atoms with E-state index in [2.05, 4.69) is 0 Å². The van der Waals surface area contributed by atoms with Crippen LogP contribution in [0.3, 0.4) is 0 Å². The van der Waals surface area contributed by atoms with Gasteiger partial charge in [0.25, 0.3) is 15.9 Å². The Morgan fingerprint density at radius 1 is 1.00 bits per heavy atom. The SMILES string of the molecule is O=C(NS(=O)(=O)C=C1CCCCN1C(=O)O)c1cc(C(F)(F)F)cc(C(F)(F)F)c1. The van der Waals surface area contributed by atoms with Crippen molar-refractivity contribution in [2.45, 2.75) is 31.6 Å². The second kappa shape index (κ2) is 8.16. The number of halogens is 6. The van der Waals surface area contributed by atoms with Gasteiger partial charge in [-0.2, -0.15) is 26.3 Å². The molecule has 30 heavy (non-hydrogen) atoms. The minimum absolute atomic E-state index is 0.00674. The lowest BCUT2D eigenvalue weighted by molar-refractivity contribution is -0.143. The number of nitrogens with one attached hydrogen (secondary N) is 1. The molecule has 0 bridgehead atoms. The van der Waals surface area contributed by atoms with Gasteiger partial charge in [-0.25, -0.2) is 17.9 Å². The fourth-order valence-electron chi connectivity index (χ4n) is 2.68. The van der Waals surface area contributed by atoms with E-state index in [4.69, 9.17) is 5.11 Å². The van der Waals surface area contributed by atoms with Crippen molar-refractivity contribution >= 4 is 22.0 Å². The summed E-state index contributed by atoms with van der Waals surface area (Å²) >= 11 is 0. The molecule has 14 heteroatoms. The monoisotopic (exact) mass is 460 g/mol. The third-order valence-electron chi connectivity index (χ3n) is 4.02. The summed E-state index contributed by atoms with van der Waals surface area (Å²) in [6, 6.07) is -0.0468. The molecule has 1 saturated heterocycles. The van der Waals surface area contributed by atoms with Crippen LogP contribution in [0.15, 0.2) is 29.3 Å². The Kier molecular flexibility index (Phi) is 6.40. The van der Waals surface area contributed by atoms with E-state index in [1.54, 1.807) is 0 Å². The van der Waals surface area contributed by atoms with Crippen LogP contribution in [0.25, 0.3) is 0 Å². The van der Waals surface area contributed by atoms with Crippen molar-refractivity contribution in [2.24, 2.45) is 0 Å². The summed E-state index contributed by atoms with van der Waals surface area (Å²) in [6.45, 7) is -0.00674. The first kappa shape index (κ1) is 23.5. The molecule has 0 radical (unpaired) electrons. The van der Waals surface area contributed by atoms with E-state index in [-0.39, 0.29) is 36.9 Å². The van der Waals surface area contributed by atoms with Gasteiger partial charge in [0.2, 0.25) is 0 Å². The van der Waals surface area contributed by atoms with Crippen molar-refractivity contribution in [1.29, 1.82) is 0 Å². The molecular weight excluding hydrogens is 446 g/mol. The molecule has 1 heterocycles. The summed E-state index contributed by atoms with van der Waals surface area (Å²) in [5.74, 6) is -1.74. The maximum atomic E-state index is 12.9. The fourth-order valence-corrected chi connectivity index (χ4v) is 3.72. The summed E-state index contributed by atoms with van der Waals surface area (Å²) in [7, 11) is -4.72. The van der Waals surface area contributed by atoms with Crippen molar-refractivity contribution in [2.75, 3.05) is 6.54 Å². The zero-order valence-corrected chi connectivity index (χ0v) is 15.7. The molecule has 2 N–H and O–H groups in total. The molecule has 1 aromatic carbocycles. The zero-order chi connectivity index (χ0) is 22.9. The summed E-state index contributed by atoms with van der Waals surface area (Å²) < 4.78 is 103. The number of carboxylic acid groups (broad SMARTS) is 1. The predicted octanol–water partition coefficient (Wildman–Crippen LogP) is 3.79. The van der Waals surface area contributed by atoms with Crippen LogP contribution in [0.2, 0.25) is 0 Å². The third kappa shape index (κ3) is 5.87. The number of amides is 2. The topological polar surface area (TPSA) is 104 Å². The van der Waals surface area contributed by atoms with Gasteiger partial charge in [0, 0.05) is 17.8 Å². The Labute approximate surface area is 166 Å². The van der Waals surface area contributed by atoms with Crippen LogP contribution in [0.1, 0.15) is 40.7 Å². The highest BCUT2D eigenvalue weighted by Gasteiger charge is 2.37. The first-order chi connectivity index (χ1) is 13.6. The number of hydrogen-bond acceptors (Lipinski definition) is 4. The Morgan fingerprint density at radius 2 is 1.53 bits per heavy atom. The first-order valence-corrected chi connectivity index (χ1v) is 9.72. The van der Waals surface area contributed by atoms with Gasteiger partial charge in [0.05, 0.1) is 16.5 Å². The second-order valence-corrected chi connectivity index (χ2v) is 7.80. The number of allylic oxidation sites excluding steroid dienone is 1. The van der Waals surface area contributed by atoms with Crippen LogP contribution in [0.4, 0.5) is 31.1 Å². The number of alkyl halides is 6. The molecule has 0 atom stereocenters. The summed E-state index contributed by atoms with van der Waals surface area (Å²) in [5, 5.41) is 9.48. The van der Waals surface area contributed by atoms with Crippen LogP contribution in [0.5, 0.6) is 0 Å². The third-order valence-corrected chi connectivity index (χ3v) is 5.07. The highest BCUT2D eigenvalue weighted by Crippen LogP contribution is 2.36. The summed E-state index contributed by atoms with van der Waals surface area (Å²) in [5.41, 5.74) is -4.95. The van der Waals surface area contributed by atoms with E-state index in [9.17, 15) is 44.3 Å². The van der Waals surface area contributed by atoms with Gasteiger partial charge in [-0.05, 0) is 37.5 Å². The van der Waals surface area contributed by atoms with E-state index < -0.39 is 51.1 Å². The van der Waals surface area contributed by atoms with Crippen LogP contribution in [-0.2, 0) is 22.4 Å². The molecule has 0 aromatic heterocycles. The molecule has 0 unspecified atom stereocenters. The van der Waals surface area contributed by atoms with E-state index >= 15 is 0 Å². The normalized spacial score (nSPS) is 17.1. The predicted molar refractivity (Wildman–Crippen MR) is 89.5 cm³/mol. The molecule has 1 fully saturated rings. The number of sulfonamides is 1. The van der Waals surface area contributed by atoms with Gasteiger partial charge in [0.15, 0.2) is 0 Å². The van der Waals surface area contributed by atoms with E-state index in [1.165, 1.54) is 4.72 Å². The van der Waals surface area contributed by atoms with Crippen LogP contribution in [-0.4, -0.2) is 37.0 Å². The molecule has 166 valence electrons. The van der Waals surface area contributed by atoms with E-state index in [1.807, 2.05) is 0 Å². The van der Waals surface area contributed by atoms with Crippen LogP contribution in [0, 0.1) is 0 Å². The molecule has 0 aliphatic carbocycles. The Balaban J connectivity index is 2.38. The lowest BCUT2D eigenvalue weighted by Crippen LogP contribution is -2.35. The Hall–Kier alpha value is -2.77. The van der Waals surface area contributed by atoms with Gasteiger partial charge >= 0.3 is 18.4 Å². The zero-order valence-electron chi connectivity index (χ0n) is 14.8. The number of carbonyl (C=O) groups excluding carboxylic acids is 1. The minimum Gasteiger partial charge on any atom is -0.465 e. The number of rotatable bonds is 3. The highest BCUT2D eigenvalue weighted by molar-refractivity contribution is 7.93. The Morgan fingerprint density at radius 3 is 2.00 bits per heavy atom. The molecule has 0 saturated carbocycles. The summed E-state index contributed by atoms with van der Waals surface area (Å²) in [4.78, 5) is 24.0. The number of piperidine rings is 1. The minimum atomic E-state index is -5.22. The Bertz CT molecular complexity index is 953. The van der Waals surface area contributed by atoms with Crippen LogP contribution >= 0.6 is 0 Å². The molecule has 0 spiro atoms. The lowest BCUT2D eigenvalue weighted by Gasteiger charge is -2.26. The van der Waals surface area contributed by atoms with Crippen molar-refractivity contribution < 1.29 is 49.5 Å². The van der Waals surface area contributed by atoms with E-state index in [0.29, 0.717) is 18.2 Å². The van der Waals surface area contributed by atoms with Crippen LogP contribution < -0.4 is 4.72 Å². The molecular formula is C16H14F6N2O5S. The number of likely N-dealkylation sites (tertiary alicyclic amines) is 1. The smallest absolute Gasteiger partial charge is 0.416 e. The number of hydrogen-bond donors (Lipinski definition) is 2. The van der Waals surface area contributed by atoms with Crippen molar-refractivity contribution in [3.63, 3.8) is 0 Å². The number of benzene rings is 1. The first-order valence-electron chi connectivity index (χ1n) is 8.18. The molecule has 1 aliphatic rings. The fraction of sp³-hybridized carbons (Fsp3) is 0.375. The van der Waals surface area contributed by atoms with Crippen molar-refractivity contribution in [3.05, 3.63) is 46.0 Å². The average Bonchev–Trinajstić information content (AvgIpc) is 2.59. The van der Waals surface area contributed by atoms with Crippen molar-refractivity contribution in [3.8, 4) is 0 Å². The molecule has 1 aromatic rings. The number of carbonyl (C=O) groups is 2. The molecule has 2 rings (SSSR count). The van der Waals surface area contributed by atoms with Gasteiger partial charge in [-0.1, -0.05) is 0 Å². The largest absolute Gasteiger partial charge is 0.465 e. The van der Waals surface area contributed by atoms with Gasteiger partial charge < -0.3 is 5.11 Å². The number of nitrogens with zero attached hydrogens (tertiary/aromatic N) is 1. The highest BCUT2D eigenvalue weighted by atomic mass is 32.2. The van der Waals surface area contributed by atoms with Gasteiger partial charge in [-0.3, -0.25) is 9.69 Å². The second-order valence-electron chi connectivity index (χ2n) is 6.27. The maximum Gasteiger partial charge on any atom is 0.416 e. The quantitative estimate of drug-likeness (QED) is 0.668. The molecule has 7 nitrogen and oxygen atoms in total. The van der Waals surface area contributed by atoms with E-state index in [0.717, 1.165) is 4.90 Å². The average molecular weight is 460 g/mol. The van der Waals surface area contributed by atoms with Crippen molar-refractivity contribution in [1.82, 2.24) is 9.62 Å². The van der Waals surface area contributed by atoms with Gasteiger partial charge in [-0.15, -0.1) is 0 Å².